The van der Waals surface area contributed by atoms with E-state index in [0.717, 1.165) is 6.42 Å². The van der Waals surface area contributed by atoms with Crippen molar-refractivity contribution in [1.82, 2.24) is 5.01 Å². The second kappa shape index (κ2) is 7.51. The maximum absolute atomic E-state index is 11.5. The molecule has 0 aromatic heterocycles. The van der Waals surface area contributed by atoms with E-state index in [0.29, 0.717) is 23.9 Å². The summed E-state index contributed by atoms with van der Waals surface area (Å²) in [5.41, 5.74) is 1.24. The highest BCUT2D eigenvalue weighted by molar-refractivity contribution is 5.89. The molecular formula is C14H21N3O2. The Labute approximate surface area is 114 Å². The van der Waals surface area contributed by atoms with Crippen molar-refractivity contribution < 1.29 is 9.53 Å². The Balaban J connectivity index is 2.66. The lowest BCUT2D eigenvalue weighted by Crippen LogP contribution is -2.22. The first-order valence-corrected chi connectivity index (χ1v) is 6.50. The predicted octanol–water partition coefficient (Wildman–Crippen LogP) is 3.59. The molecule has 0 amide bonds. The molecule has 1 aromatic carbocycles. The highest BCUT2D eigenvalue weighted by atomic mass is 16.5. The van der Waals surface area contributed by atoms with Crippen LogP contribution in [-0.4, -0.2) is 30.7 Å². The molecule has 0 bridgehead atoms. The Hall–Kier alpha value is -1.91. The number of carbonyl (C=O) groups is 1. The molecule has 0 aliphatic rings. The van der Waals surface area contributed by atoms with Gasteiger partial charge in [-0.3, -0.25) is 5.01 Å². The van der Waals surface area contributed by atoms with Crippen molar-refractivity contribution in [3.63, 3.8) is 0 Å². The number of benzene rings is 1. The summed E-state index contributed by atoms with van der Waals surface area (Å²) < 4.78 is 4.91. The van der Waals surface area contributed by atoms with E-state index < -0.39 is 0 Å². The number of esters is 1. The summed E-state index contributed by atoms with van der Waals surface area (Å²) >= 11 is 0. The van der Waals surface area contributed by atoms with Crippen LogP contribution in [0.25, 0.3) is 0 Å². The second-order valence-corrected chi connectivity index (χ2v) is 4.29. The van der Waals surface area contributed by atoms with Crippen molar-refractivity contribution in [2.45, 2.75) is 33.2 Å². The lowest BCUT2D eigenvalue weighted by molar-refractivity contribution is 0.0526. The highest BCUT2D eigenvalue weighted by Gasteiger charge is 2.06. The molecule has 0 saturated heterocycles. The molecule has 1 aromatic rings. The van der Waals surface area contributed by atoms with Crippen LogP contribution in [0.1, 0.15) is 37.6 Å². The van der Waals surface area contributed by atoms with Gasteiger partial charge in [0.05, 0.1) is 17.9 Å². The summed E-state index contributed by atoms with van der Waals surface area (Å²) in [6.07, 6.45) is 1.01. The zero-order chi connectivity index (χ0) is 14.3. The number of carbonyl (C=O) groups excluding carboxylic acids is 1. The fraction of sp³-hybridized carbons (Fsp3) is 0.500. The third kappa shape index (κ3) is 4.69. The summed E-state index contributed by atoms with van der Waals surface area (Å²) in [7, 11) is 1.89. The zero-order valence-electron chi connectivity index (χ0n) is 12.0. The minimum Gasteiger partial charge on any atom is -0.462 e. The number of hydrogen-bond donors (Lipinski definition) is 0. The first-order chi connectivity index (χ1) is 9.08. The monoisotopic (exact) mass is 263 g/mol. The molecule has 1 atom stereocenters. The van der Waals surface area contributed by atoms with Crippen molar-refractivity contribution in [3.8, 4) is 0 Å². The summed E-state index contributed by atoms with van der Waals surface area (Å²) in [4.78, 5) is 11.5. The molecule has 0 radical (unpaired) electrons. The third-order valence-corrected chi connectivity index (χ3v) is 2.91. The van der Waals surface area contributed by atoms with Crippen LogP contribution in [-0.2, 0) is 4.74 Å². The Kier molecular flexibility index (Phi) is 5.99. The summed E-state index contributed by atoms with van der Waals surface area (Å²) in [6, 6.07) is 7.23. The van der Waals surface area contributed by atoms with Crippen molar-refractivity contribution in [2.24, 2.45) is 10.3 Å². The quantitative estimate of drug-likeness (QED) is 0.447. The molecule has 0 saturated carbocycles. The number of hydrogen-bond acceptors (Lipinski definition) is 4. The van der Waals surface area contributed by atoms with Gasteiger partial charge in [0.15, 0.2) is 0 Å². The van der Waals surface area contributed by atoms with E-state index in [-0.39, 0.29) is 5.97 Å². The second-order valence-electron chi connectivity index (χ2n) is 4.29. The zero-order valence-corrected chi connectivity index (χ0v) is 12.0. The number of ether oxygens (including phenoxy) is 1. The Morgan fingerprint density at radius 1 is 1.32 bits per heavy atom. The molecule has 1 unspecified atom stereocenters. The van der Waals surface area contributed by atoms with Crippen LogP contribution in [0.5, 0.6) is 0 Å². The molecule has 0 heterocycles. The summed E-state index contributed by atoms with van der Waals surface area (Å²) in [5.74, 6) is -0.317. The number of rotatable bonds is 6. The third-order valence-electron chi connectivity index (χ3n) is 2.91. The van der Waals surface area contributed by atoms with Gasteiger partial charge in [0.25, 0.3) is 0 Å². The van der Waals surface area contributed by atoms with Crippen LogP contribution in [0.3, 0.4) is 0 Å². The Bertz CT molecular complexity index is 429. The molecule has 0 fully saturated rings. The van der Waals surface area contributed by atoms with Crippen molar-refractivity contribution in [3.05, 3.63) is 29.8 Å². The van der Waals surface area contributed by atoms with Gasteiger partial charge in [-0.1, -0.05) is 12.1 Å². The minimum absolute atomic E-state index is 0.317. The van der Waals surface area contributed by atoms with Gasteiger partial charge in [-0.15, -0.1) is 5.11 Å². The Morgan fingerprint density at radius 2 is 1.95 bits per heavy atom. The van der Waals surface area contributed by atoms with Gasteiger partial charge in [-0.25, -0.2) is 4.79 Å². The number of nitrogens with zero attached hydrogens (tertiary/aromatic N) is 3. The predicted molar refractivity (Wildman–Crippen MR) is 74.4 cm³/mol. The van der Waals surface area contributed by atoms with E-state index in [1.54, 1.807) is 31.2 Å². The van der Waals surface area contributed by atoms with E-state index >= 15 is 0 Å². The minimum atomic E-state index is -0.317. The largest absolute Gasteiger partial charge is 0.462 e. The van der Waals surface area contributed by atoms with Crippen LogP contribution >= 0.6 is 0 Å². The topological polar surface area (TPSA) is 54.3 Å². The SMILES string of the molecule is CCOC(=O)c1ccc(N=NN(C)C(C)CC)cc1. The van der Waals surface area contributed by atoms with Crippen LogP contribution in [0.4, 0.5) is 5.69 Å². The maximum Gasteiger partial charge on any atom is 0.338 e. The van der Waals surface area contributed by atoms with E-state index in [1.165, 1.54) is 0 Å². The molecule has 0 N–H and O–H groups in total. The van der Waals surface area contributed by atoms with E-state index in [1.807, 2.05) is 12.1 Å². The fourth-order valence-electron chi connectivity index (χ4n) is 1.35. The van der Waals surface area contributed by atoms with E-state index in [2.05, 4.69) is 24.2 Å². The van der Waals surface area contributed by atoms with Gasteiger partial charge < -0.3 is 4.74 Å². The van der Waals surface area contributed by atoms with Gasteiger partial charge in [0.2, 0.25) is 0 Å². The molecular weight excluding hydrogens is 242 g/mol. The lowest BCUT2D eigenvalue weighted by atomic mass is 10.2. The van der Waals surface area contributed by atoms with Crippen molar-refractivity contribution in [1.29, 1.82) is 0 Å². The van der Waals surface area contributed by atoms with Crippen molar-refractivity contribution in [2.75, 3.05) is 13.7 Å². The van der Waals surface area contributed by atoms with Gasteiger partial charge in [-0.2, -0.15) is 0 Å². The summed E-state index contributed by atoms with van der Waals surface area (Å²) in [6.45, 7) is 6.35. The van der Waals surface area contributed by atoms with Crippen LogP contribution < -0.4 is 0 Å². The normalized spacial score (nSPS) is 12.4. The highest BCUT2D eigenvalue weighted by Crippen LogP contribution is 2.15. The van der Waals surface area contributed by atoms with Gasteiger partial charge in [0.1, 0.15) is 0 Å². The standard InChI is InChI=1S/C14H21N3O2/c1-5-11(3)17(4)16-15-13-9-7-12(8-10-13)14(18)19-6-2/h7-11H,5-6H2,1-4H3. The van der Waals surface area contributed by atoms with Crippen molar-refractivity contribution >= 4 is 11.7 Å². The first-order valence-electron chi connectivity index (χ1n) is 6.50. The van der Waals surface area contributed by atoms with Gasteiger partial charge in [0, 0.05) is 13.1 Å². The van der Waals surface area contributed by atoms with Crippen LogP contribution in [0, 0.1) is 0 Å². The molecule has 5 nitrogen and oxygen atoms in total. The molecule has 5 heteroatoms. The summed E-state index contributed by atoms with van der Waals surface area (Å²) in [5, 5.41) is 10.1. The average molecular weight is 263 g/mol. The molecule has 104 valence electrons. The molecule has 0 aliphatic carbocycles. The molecule has 0 aliphatic heterocycles. The molecule has 1 rings (SSSR count). The fourth-order valence-corrected chi connectivity index (χ4v) is 1.35. The average Bonchev–Trinajstić information content (AvgIpc) is 2.44. The lowest BCUT2D eigenvalue weighted by Gasteiger charge is -2.18. The Morgan fingerprint density at radius 3 is 2.47 bits per heavy atom. The van der Waals surface area contributed by atoms with Gasteiger partial charge >= 0.3 is 5.97 Å². The van der Waals surface area contributed by atoms with E-state index in [9.17, 15) is 4.79 Å². The van der Waals surface area contributed by atoms with Crippen LogP contribution in [0.2, 0.25) is 0 Å². The molecule has 19 heavy (non-hydrogen) atoms. The van der Waals surface area contributed by atoms with Gasteiger partial charge in [-0.05, 0) is 44.5 Å². The van der Waals surface area contributed by atoms with E-state index in [4.69, 9.17) is 4.74 Å². The smallest absolute Gasteiger partial charge is 0.338 e. The first kappa shape index (κ1) is 15.1. The maximum atomic E-state index is 11.5. The van der Waals surface area contributed by atoms with Crippen LogP contribution in [0.15, 0.2) is 34.6 Å². The molecule has 0 spiro atoms.